The van der Waals surface area contributed by atoms with Gasteiger partial charge < -0.3 is 4.74 Å². The Morgan fingerprint density at radius 1 is 1.16 bits per heavy atom. The van der Waals surface area contributed by atoms with Crippen LogP contribution >= 0.6 is 23.2 Å². The molecule has 2 rings (SSSR count). The van der Waals surface area contributed by atoms with E-state index in [0.29, 0.717) is 34.6 Å². The molecule has 10 heteroatoms. The lowest BCUT2D eigenvalue weighted by atomic mass is 10.2. The molecule has 0 saturated carbocycles. The van der Waals surface area contributed by atoms with Gasteiger partial charge in [-0.2, -0.15) is 0 Å². The average molecular weight is 502 g/mol. The van der Waals surface area contributed by atoms with Crippen molar-refractivity contribution in [3.8, 4) is 5.88 Å². The molecule has 0 bridgehead atoms. The minimum Gasteiger partial charge on any atom is -0.477 e. The summed E-state index contributed by atoms with van der Waals surface area (Å²) in [7, 11) is -3.94. The van der Waals surface area contributed by atoms with Gasteiger partial charge in [0.1, 0.15) is 0 Å². The molecule has 32 heavy (non-hydrogen) atoms. The summed E-state index contributed by atoms with van der Waals surface area (Å²) >= 11 is 12.3. The van der Waals surface area contributed by atoms with Crippen LogP contribution in [-0.2, 0) is 21.4 Å². The Bertz CT molecular complexity index is 1040. The third kappa shape index (κ3) is 8.84. The number of amides is 1. The molecule has 1 N–H and O–H groups in total. The molecule has 0 aliphatic heterocycles. The van der Waals surface area contributed by atoms with Crippen molar-refractivity contribution in [1.29, 1.82) is 0 Å². The first kappa shape index (κ1) is 26.2. The Morgan fingerprint density at radius 3 is 2.59 bits per heavy atom. The van der Waals surface area contributed by atoms with E-state index in [-0.39, 0.29) is 13.0 Å². The highest BCUT2D eigenvalue weighted by atomic mass is 35.5. The van der Waals surface area contributed by atoms with Gasteiger partial charge in [-0.25, -0.2) is 13.1 Å². The standard InChI is InChI=1S/C22H29Cl2N3O4S/c1-3-5-7-8-21(28)26-32(29,30)13-11-19-15-22(31-12-6-4-2)25-27(19)16-17-9-10-18(23)14-20(17)24/h9-11,13-15H,3-8,12,16H2,1-2H3,(H,26,28). The maximum Gasteiger partial charge on any atom is 0.257 e. The summed E-state index contributed by atoms with van der Waals surface area (Å²) in [5.74, 6) is -0.141. The summed E-state index contributed by atoms with van der Waals surface area (Å²) in [5, 5.41) is 6.37. The largest absolute Gasteiger partial charge is 0.477 e. The van der Waals surface area contributed by atoms with Crippen LogP contribution in [0.1, 0.15) is 63.6 Å². The van der Waals surface area contributed by atoms with Crippen LogP contribution in [0.3, 0.4) is 0 Å². The minimum absolute atomic E-state index is 0.170. The molecule has 0 radical (unpaired) electrons. The van der Waals surface area contributed by atoms with Crippen molar-refractivity contribution in [1.82, 2.24) is 14.5 Å². The van der Waals surface area contributed by atoms with Crippen molar-refractivity contribution in [2.24, 2.45) is 0 Å². The van der Waals surface area contributed by atoms with Gasteiger partial charge >= 0.3 is 0 Å². The van der Waals surface area contributed by atoms with Crippen LogP contribution in [-0.4, -0.2) is 30.7 Å². The van der Waals surface area contributed by atoms with E-state index in [1.165, 1.54) is 6.08 Å². The van der Waals surface area contributed by atoms with Crippen LogP contribution < -0.4 is 9.46 Å². The fraction of sp³-hybridized carbons (Fsp3) is 0.455. The second kappa shape index (κ2) is 12.9. The zero-order valence-corrected chi connectivity index (χ0v) is 20.6. The number of rotatable bonds is 13. The molecule has 1 amide bonds. The van der Waals surface area contributed by atoms with Crippen molar-refractivity contribution in [3.05, 3.63) is 51.0 Å². The molecule has 0 spiro atoms. The Kier molecular flexibility index (Phi) is 10.5. The van der Waals surface area contributed by atoms with Crippen LogP contribution in [0.5, 0.6) is 5.88 Å². The number of hydrogen-bond acceptors (Lipinski definition) is 5. The van der Waals surface area contributed by atoms with Gasteiger partial charge in [-0.3, -0.25) is 9.48 Å². The zero-order chi connectivity index (χ0) is 23.6. The third-order valence-corrected chi connectivity index (χ3v) is 6.15. The van der Waals surface area contributed by atoms with Gasteiger partial charge in [0.25, 0.3) is 10.0 Å². The van der Waals surface area contributed by atoms with Gasteiger partial charge in [0, 0.05) is 22.5 Å². The van der Waals surface area contributed by atoms with E-state index in [1.807, 2.05) is 6.92 Å². The molecule has 0 fully saturated rings. The Labute approximate surface area is 199 Å². The second-order valence-corrected chi connectivity index (χ2v) is 9.74. The number of nitrogens with one attached hydrogen (secondary N) is 1. The number of halogens is 2. The Balaban J connectivity index is 2.20. The molecule has 1 heterocycles. The molecule has 176 valence electrons. The molecule has 0 atom stereocenters. The van der Waals surface area contributed by atoms with Gasteiger partial charge in [-0.1, -0.05) is 62.4 Å². The van der Waals surface area contributed by atoms with Gasteiger partial charge in [0.2, 0.25) is 11.8 Å². The normalized spacial score (nSPS) is 11.8. The predicted molar refractivity (Wildman–Crippen MR) is 128 cm³/mol. The lowest BCUT2D eigenvalue weighted by molar-refractivity contribution is -0.119. The molecule has 1 aromatic heterocycles. The molecule has 0 unspecified atom stereocenters. The summed E-state index contributed by atoms with van der Waals surface area (Å²) in [6.07, 6.45) is 5.87. The first-order chi connectivity index (χ1) is 15.2. The van der Waals surface area contributed by atoms with E-state index in [2.05, 4.69) is 16.7 Å². The van der Waals surface area contributed by atoms with Crippen molar-refractivity contribution in [2.75, 3.05) is 6.61 Å². The van der Waals surface area contributed by atoms with Crippen LogP contribution in [0.15, 0.2) is 29.7 Å². The number of benzene rings is 1. The number of aromatic nitrogens is 2. The number of carbonyl (C=O) groups is 1. The monoisotopic (exact) mass is 501 g/mol. The topological polar surface area (TPSA) is 90.3 Å². The first-order valence-electron chi connectivity index (χ1n) is 10.6. The summed E-state index contributed by atoms with van der Waals surface area (Å²) in [6, 6.07) is 6.78. The van der Waals surface area contributed by atoms with Crippen LogP contribution in [0.25, 0.3) is 6.08 Å². The van der Waals surface area contributed by atoms with E-state index in [4.69, 9.17) is 27.9 Å². The van der Waals surface area contributed by atoms with Gasteiger partial charge in [-0.05, 0) is 36.6 Å². The number of ether oxygens (including phenoxy) is 1. The van der Waals surface area contributed by atoms with E-state index in [1.54, 1.807) is 28.9 Å². The fourth-order valence-corrected chi connectivity index (χ4v) is 4.08. The lowest BCUT2D eigenvalue weighted by Gasteiger charge is -2.07. The highest BCUT2D eigenvalue weighted by Gasteiger charge is 2.14. The number of unbranched alkanes of at least 4 members (excludes halogenated alkanes) is 3. The molecule has 2 aromatic rings. The van der Waals surface area contributed by atoms with Gasteiger partial charge in [-0.15, -0.1) is 5.10 Å². The molecular weight excluding hydrogens is 473 g/mol. The average Bonchev–Trinajstić information content (AvgIpc) is 3.10. The summed E-state index contributed by atoms with van der Waals surface area (Å²) in [5.41, 5.74) is 1.26. The minimum atomic E-state index is -3.94. The van der Waals surface area contributed by atoms with Crippen molar-refractivity contribution < 1.29 is 17.9 Å². The predicted octanol–water partition coefficient (Wildman–Crippen LogP) is 5.41. The van der Waals surface area contributed by atoms with Gasteiger partial charge in [0.05, 0.1) is 24.3 Å². The molecule has 0 aliphatic carbocycles. The van der Waals surface area contributed by atoms with E-state index >= 15 is 0 Å². The number of carbonyl (C=O) groups excluding carboxylic acids is 1. The summed E-state index contributed by atoms with van der Waals surface area (Å²) in [6.45, 7) is 4.86. The number of sulfonamides is 1. The summed E-state index contributed by atoms with van der Waals surface area (Å²) in [4.78, 5) is 11.9. The highest BCUT2D eigenvalue weighted by Crippen LogP contribution is 2.23. The fourth-order valence-electron chi connectivity index (χ4n) is 2.81. The van der Waals surface area contributed by atoms with Gasteiger partial charge in [0.15, 0.2) is 0 Å². The highest BCUT2D eigenvalue weighted by molar-refractivity contribution is 7.93. The number of nitrogens with zero attached hydrogens (tertiary/aromatic N) is 2. The van der Waals surface area contributed by atoms with Crippen LogP contribution in [0, 0.1) is 0 Å². The molecular formula is C22H29Cl2N3O4S. The molecule has 0 saturated heterocycles. The van der Waals surface area contributed by atoms with Crippen molar-refractivity contribution in [2.45, 2.75) is 58.9 Å². The quantitative estimate of drug-likeness (QED) is 0.370. The van der Waals surface area contributed by atoms with E-state index < -0.39 is 15.9 Å². The Morgan fingerprint density at radius 2 is 1.91 bits per heavy atom. The first-order valence-corrected chi connectivity index (χ1v) is 12.9. The molecule has 1 aromatic carbocycles. The van der Waals surface area contributed by atoms with Crippen molar-refractivity contribution in [3.63, 3.8) is 0 Å². The van der Waals surface area contributed by atoms with Crippen LogP contribution in [0.2, 0.25) is 10.0 Å². The SMILES string of the molecule is CCCCCC(=O)NS(=O)(=O)C=Cc1cc(OCCCC)nn1Cc1ccc(Cl)cc1Cl. The third-order valence-electron chi connectivity index (χ3n) is 4.55. The number of hydrogen-bond donors (Lipinski definition) is 1. The maximum atomic E-state index is 12.3. The van der Waals surface area contributed by atoms with Crippen molar-refractivity contribution >= 4 is 45.2 Å². The smallest absolute Gasteiger partial charge is 0.257 e. The van der Waals surface area contributed by atoms with E-state index in [0.717, 1.165) is 36.7 Å². The molecule has 0 aliphatic rings. The molecule has 7 nitrogen and oxygen atoms in total. The Hall–Kier alpha value is -2.03. The van der Waals surface area contributed by atoms with E-state index in [9.17, 15) is 13.2 Å². The maximum absolute atomic E-state index is 12.3. The zero-order valence-electron chi connectivity index (χ0n) is 18.3. The second-order valence-electron chi connectivity index (χ2n) is 7.33. The van der Waals surface area contributed by atoms with Crippen LogP contribution in [0.4, 0.5) is 0 Å². The lowest BCUT2D eigenvalue weighted by Crippen LogP contribution is -2.28. The summed E-state index contributed by atoms with van der Waals surface area (Å²) < 4.78 is 33.9.